The maximum atomic E-state index is 2.65. The van der Waals surface area contributed by atoms with Crippen molar-refractivity contribution in [2.75, 3.05) is 39.3 Å². The van der Waals surface area contributed by atoms with Crippen molar-refractivity contribution < 1.29 is 0 Å². The molecule has 140 valence electrons. The molecule has 2 heteroatoms. The fourth-order valence-electron chi connectivity index (χ4n) is 3.31. The Bertz CT molecular complexity index is 214. The average molecular weight is 327 g/mol. The van der Waals surface area contributed by atoms with Crippen LogP contribution < -0.4 is 0 Å². The molecule has 0 aromatic heterocycles. The van der Waals surface area contributed by atoms with Gasteiger partial charge in [0.1, 0.15) is 0 Å². The molecule has 0 saturated carbocycles. The normalized spacial score (nSPS) is 11.7. The molecule has 0 spiro atoms. The Morgan fingerprint density at radius 2 is 0.783 bits per heavy atom. The molecule has 0 aliphatic carbocycles. The zero-order valence-corrected chi connectivity index (χ0v) is 16.9. The largest absolute Gasteiger partial charge is 0.304 e. The van der Waals surface area contributed by atoms with Crippen molar-refractivity contribution >= 4 is 0 Å². The Labute approximate surface area is 148 Å². The first-order valence-corrected chi connectivity index (χ1v) is 10.7. The van der Waals surface area contributed by atoms with Crippen LogP contribution in [0.2, 0.25) is 0 Å². The maximum Gasteiger partial charge on any atom is -0.000666 e. The zero-order chi connectivity index (χ0) is 17.2. The fraction of sp³-hybridized carbons (Fsp3) is 1.00. The van der Waals surface area contributed by atoms with Crippen LogP contribution in [0.3, 0.4) is 0 Å². The highest BCUT2D eigenvalue weighted by atomic mass is 15.1. The molecule has 0 bridgehead atoms. The van der Waals surface area contributed by atoms with E-state index in [1.165, 1.54) is 110 Å². The first-order valence-electron chi connectivity index (χ1n) is 10.7. The molecule has 0 aliphatic heterocycles. The molecule has 2 nitrogen and oxygen atoms in total. The molecular formula is C21H46N2. The molecule has 0 unspecified atom stereocenters. The Morgan fingerprint density at radius 1 is 0.391 bits per heavy atom. The van der Waals surface area contributed by atoms with Crippen LogP contribution in [0.25, 0.3) is 0 Å². The van der Waals surface area contributed by atoms with Crippen molar-refractivity contribution in [2.24, 2.45) is 0 Å². The lowest BCUT2D eigenvalue weighted by molar-refractivity contribution is 0.240. The number of hydrogen-bond donors (Lipinski definition) is 0. The summed E-state index contributed by atoms with van der Waals surface area (Å²) in [6.45, 7) is 16.6. The summed E-state index contributed by atoms with van der Waals surface area (Å²) in [5.41, 5.74) is 0. The van der Waals surface area contributed by atoms with Crippen molar-refractivity contribution in [1.29, 1.82) is 0 Å². The van der Waals surface area contributed by atoms with Gasteiger partial charge >= 0.3 is 0 Å². The molecule has 0 saturated heterocycles. The lowest BCUT2D eigenvalue weighted by Gasteiger charge is -2.23. The van der Waals surface area contributed by atoms with Gasteiger partial charge in [0, 0.05) is 0 Å². The highest BCUT2D eigenvalue weighted by Gasteiger charge is 2.04. The van der Waals surface area contributed by atoms with Crippen LogP contribution in [0.1, 0.15) is 98.3 Å². The Morgan fingerprint density at radius 3 is 1.26 bits per heavy atom. The smallest absolute Gasteiger partial charge is 0.000666 e. The predicted molar refractivity (Wildman–Crippen MR) is 106 cm³/mol. The molecular weight excluding hydrogens is 280 g/mol. The van der Waals surface area contributed by atoms with Gasteiger partial charge in [0.25, 0.3) is 0 Å². The summed E-state index contributed by atoms with van der Waals surface area (Å²) in [5, 5.41) is 0. The highest BCUT2D eigenvalue weighted by molar-refractivity contribution is 4.60. The van der Waals surface area contributed by atoms with Crippen LogP contribution in [0, 0.1) is 0 Å². The summed E-state index contributed by atoms with van der Waals surface area (Å²) in [6, 6.07) is 0. The Hall–Kier alpha value is -0.0800. The zero-order valence-electron chi connectivity index (χ0n) is 16.9. The van der Waals surface area contributed by atoms with Crippen molar-refractivity contribution in [3.05, 3.63) is 0 Å². The second-order valence-corrected chi connectivity index (χ2v) is 7.00. The van der Waals surface area contributed by atoms with Gasteiger partial charge in [-0.25, -0.2) is 0 Å². The summed E-state index contributed by atoms with van der Waals surface area (Å²) < 4.78 is 0. The average Bonchev–Trinajstić information content (AvgIpc) is 2.58. The first kappa shape index (κ1) is 22.9. The van der Waals surface area contributed by atoms with Crippen LogP contribution in [0.15, 0.2) is 0 Å². The third-order valence-electron chi connectivity index (χ3n) is 5.12. The van der Waals surface area contributed by atoms with Gasteiger partial charge in [0.15, 0.2) is 0 Å². The van der Waals surface area contributed by atoms with E-state index in [0.29, 0.717) is 0 Å². The number of hydrogen-bond acceptors (Lipinski definition) is 2. The molecule has 0 N–H and O–H groups in total. The van der Waals surface area contributed by atoms with Gasteiger partial charge in [-0.05, 0) is 52.1 Å². The summed E-state index contributed by atoms with van der Waals surface area (Å²) >= 11 is 0. The van der Waals surface area contributed by atoms with E-state index in [0.717, 1.165) is 0 Å². The molecule has 23 heavy (non-hydrogen) atoms. The van der Waals surface area contributed by atoms with E-state index in [9.17, 15) is 0 Å². The fourth-order valence-corrected chi connectivity index (χ4v) is 3.31. The van der Waals surface area contributed by atoms with E-state index >= 15 is 0 Å². The molecule has 0 radical (unpaired) electrons. The third-order valence-corrected chi connectivity index (χ3v) is 5.12. The van der Waals surface area contributed by atoms with Gasteiger partial charge in [0.05, 0.1) is 0 Å². The standard InChI is InChI=1S/C21H46N2/c1-5-9-10-11-12-13-14-15-16-17-19-23(8-4)21-18-20-22(6-2)7-3/h5-21H2,1-4H3. The number of unbranched alkanes of at least 4 members (excludes halogenated alkanes) is 9. The monoisotopic (exact) mass is 326 g/mol. The molecule has 0 aliphatic rings. The van der Waals surface area contributed by atoms with E-state index in [2.05, 4.69) is 37.5 Å². The molecule has 0 rings (SSSR count). The maximum absolute atomic E-state index is 2.65. The van der Waals surface area contributed by atoms with E-state index in [4.69, 9.17) is 0 Å². The topological polar surface area (TPSA) is 6.48 Å². The second-order valence-electron chi connectivity index (χ2n) is 7.00. The van der Waals surface area contributed by atoms with Gasteiger partial charge in [0.2, 0.25) is 0 Å². The summed E-state index contributed by atoms with van der Waals surface area (Å²) in [7, 11) is 0. The van der Waals surface area contributed by atoms with Crippen LogP contribution in [0.5, 0.6) is 0 Å². The lowest BCUT2D eigenvalue weighted by atomic mass is 10.1. The van der Waals surface area contributed by atoms with Crippen molar-refractivity contribution in [1.82, 2.24) is 9.80 Å². The third kappa shape index (κ3) is 15.2. The van der Waals surface area contributed by atoms with Gasteiger partial charge in [-0.2, -0.15) is 0 Å². The highest BCUT2D eigenvalue weighted by Crippen LogP contribution is 2.10. The quantitative estimate of drug-likeness (QED) is 0.287. The van der Waals surface area contributed by atoms with Crippen LogP contribution >= 0.6 is 0 Å². The van der Waals surface area contributed by atoms with Crippen molar-refractivity contribution in [3.63, 3.8) is 0 Å². The molecule has 0 amide bonds. The molecule has 0 atom stereocenters. The van der Waals surface area contributed by atoms with Crippen molar-refractivity contribution in [3.8, 4) is 0 Å². The minimum atomic E-state index is 1.20. The predicted octanol–water partition coefficient (Wildman–Crippen LogP) is 5.96. The second kappa shape index (κ2) is 18.3. The summed E-state index contributed by atoms with van der Waals surface area (Å²) in [5.74, 6) is 0. The van der Waals surface area contributed by atoms with Gasteiger partial charge in [-0.15, -0.1) is 0 Å². The number of nitrogens with zero attached hydrogens (tertiary/aromatic N) is 2. The van der Waals surface area contributed by atoms with E-state index in [1.54, 1.807) is 0 Å². The van der Waals surface area contributed by atoms with Crippen LogP contribution in [-0.2, 0) is 0 Å². The van der Waals surface area contributed by atoms with E-state index in [1.807, 2.05) is 0 Å². The SMILES string of the molecule is CCCCCCCCCCCCN(CC)CCCN(CC)CC. The van der Waals surface area contributed by atoms with Crippen molar-refractivity contribution in [2.45, 2.75) is 98.3 Å². The Balaban J connectivity index is 3.39. The molecule has 0 aromatic rings. The van der Waals surface area contributed by atoms with Gasteiger partial charge in [-0.3, -0.25) is 0 Å². The minimum Gasteiger partial charge on any atom is -0.304 e. The lowest BCUT2D eigenvalue weighted by Crippen LogP contribution is -2.30. The molecule has 0 fully saturated rings. The molecule has 0 aromatic carbocycles. The first-order chi connectivity index (χ1) is 11.3. The summed E-state index contributed by atoms with van der Waals surface area (Å²) in [6.07, 6.45) is 15.7. The van der Waals surface area contributed by atoms with E-state index in [-0.39, 0.29) is 0 Å². The van der Waals surface area contributed by atoms with Crippen LogP contribution in [-0.4, -0.2) is 49.1 Å². The Kier molecular flexibility index (Phi) is 18.2. The van der Waals surface area contributed by atoms with Gasteiger partial charge < -0.3 is 9.80 Å². The van der Waals surface area contributed by atoms with Gasteiger partial charge in [-0.1, -0.05) is 85.5 Å². The van der Waals surface area contributed by atoms with Crippen LogP contribution in [0.4, 0.5) is 0 Å². The van der Waals surface area contributed by atoms with E-state index < -0.39 is 0 Å². The molecule has 0 heterocycles. The summed E-state index contributed by atoms with van der Waals surface area (Å²) in [4.78, 5) is 5.18. The minimum absolute atomic E-state index is 1.20. The number of rotatable bonds is 18.